The molecule has 0 aromatic heterocycles. The van der Waals surface area contributed by atoms with E-state index in [4.69, 9.17) is 0 Å². The summed E-state index contributed by atoms with van der Waals surface area (Å²) in [5.74, 6) is -5.89. The number of benzene rings is 4. The monoisotopic (exact) mass is 398 g/mol. The van der Waals surface area contributed by atoms with Crippen LogP contribution in [0.1, 0.15) is 12.5 Å². The highest BCUT2D eigenvalue weighted by Crippen LogP contribution is 2.34. The van der Waals surface area contributed by atoms with E-state index in [1.54, 1.807) is 12.1 Å². The zero-order valence-corrected chi connectivity index (χ0v) is 15.4. The second-order valence-electron chi connectivity index (χ2n) is 6.79. The summed E-state index contributed by atoms with van der Waals surface area (Å²) in [4.78, 5) is 0. The Balaban J connectivity index is 1.82. The third kappa shape index (κ3) is 3.37. The molecule has 0 aliphatic rings. The number of hydrogen-bond acceptors (Lipinski definition) is 0. The third-order valence-corrected chi connectivity index (χ3v) is 5.00. The van der Waals surface area contributed by atoms with Crippen molar-refractivity contribution in [2.75, 3.05) is 0 Å². The van der Waals surface area contributed by atoms with Gasteiger partial charge in [0.2, 0.25) is 0 Å². The standard InChI is InChI=1S/C24H15F5/c1-2-13-3-5-14(6-4-13)16-10-19(25)22(20(26)11-16)15-7-8-18-17(9-15)12-21(27)24(29)23(18)28/h3-12H,2H2,1H3. The van der Waals surface area contributed by atoms with Gasteiger partial charge in [-0.25, -0.2) is 22.0 Å². The lowest BCUT2D eigenvalue weighted by molar-refractivity contribution is 0.453. The van der Waals surface area contributed by atoms with Crippen LogP contribution in [-0.4, -0.2) is 0 Å². The van der Waals surface area contributed by atoms with Gasteiger partial charge in [-0.2, -0.15) is 0 Å². The predicted molar refractivity (Wildman–Crippen MR) is 104 cm³/mol. The van der Waals surface area contributed by atoms with Crippen LogP contribution in [0.2, 0.25) is 0 Å². The van der Waals surface area contributed by atoms with Crippen molar-refractivity contribution in [3.8, 4) is 22.3 Å². The number of fused-ring (bicyclic) bond motifs is 1. The fourth-order valence-electron chi connectivity index (χ4n) is 3.41. The lowest BCUT2D eigenvalue weighted by Crippen LogP contribution is -1.95. The molecule has 0 nitrogen and oxygen atoms in total. The van der Waals surface area contributed by atoms with Gasteiger partial charge in [0.15, 0.2) is 17.5 Å². The molecule has 0 radical (unpaired) electrons. The Morgan fingerprint density at radius 2 is 1.21 bits per heavy atom. The lowest BCUT2D eigenvalue weighted by Gasteiger charge is -2.11. The summed E-state index contributed by atoms with van der Waals surface area (Å²) in [6, 6.07) is 14.3. The molecule has 5 heteroatoms. The minimum Gasteiger partial charge on any atom is -0.206 e. The van der Waals surface area contributed by atoms with E-state index in [1.807, 2.05) is 19.1 Å². The molecule has 0 aliphatic heterocycles. The van der Waals surface area contributed by atoms with Crippen molar-refractivity contribution in [1.82, 2.24) is 0 Å². The topological polar surface area (TPSA) is 0 Å². The Bertz CT molecular complexity index is 1200. The van der Waals surface area contributed by atoms with Gasteiger partial charge < -0.3 is 0 Å². The number of hydrogen-bond donors (Lipinski definition) is 0. The maximum absolute atomic E-state index is 14.8. The zero-order chi connectivity index (χ0) is 20.7. The van der Waals surface area contributed by atoms with E-state index in [2.05, 4.69) is 0 Å². The van der Waals surface area contributed by atoms with Crippen molar-refractivity contribution < 1.29 is 22.0 Å². The molecule has 4 rings (SSSR count). The molecule has 4 aromatic rings. The van der Waals surface area contributed by atoms with Crippen molar-refractivity contribution in [2.24, 2.45) is 0 Å². The summed E-state index contributed by atoms with van der Waals surface area (Å²) in [5.41, 5.74) is 1.95. The molecule has 0 spiro atoms. The van der Waals surface area contributed by atoms with E-state index in [1.165, 1.54) is 30.3 Å². The van der Waals surface area contributed by atoms with E-state index in [-0.39, 0.29) is 21.9 Å². The van der Waals surface area contributed by atoms with Gasteiger partial charge in [-0.15, -0.1) is 0 Å². The zero-order valence-electron chi connectivity index (χ0n) is 15.4. The van der Waals surface area contributed by atoms with Crippen molar-refractivity contribution in [3.63, 3.8) is 0 Å². The first kappa shape index (κ1) is 19.1. The fourth-order valence-corrected chi connectivity index (χ4v) is 3.41. The van der Waals surface area contributed by atoms with Crippen LogP contribution in [0.5, 0.6) is 0 Å². The van der Waals surface area contributed by atoms with E-state index in [9.17, 15) is 22.0 Å². The van der Waals surface area contributed by atoms with Crippen molar-refractivity contribution in [2.45, 2.75) is 13.3 Å². The highest BCUT2D eigenvalue weighted by atomic mass is 19.2. The number of rotatable bonds is 3. The SMILES string of the molecule is CCc1ccc(-c2cc(F)c(-c3ccc4c(F)c(F)c(F)cc4c3)c(F)c2)cc1. The van der Waals surface area contributed by atoms with Crippen molar-refractivity contribution in [1.29, 1.82) is 0 Å². The highest BCUT2D eigenvalue weighted by Gasteiger charge is 2.18. The summed E-state index contributed by atoms with van der Waals surface area (Å²) in [6.45, 7) is 2.01. The van der Waals surface area contributed by atoms with Gasteiger partial charge >= 0.3 is 0 Å². The van der Waals surface area contributed by atoms with Crippen LogP contribution in [-0.2, 0) is 6.42 Å². The molecule has 0 saturated heterocycles. The van der Waals surface area contributed by atoms with Crippen LogP contribution in [0, 0.1) is 29.1 Å². The molecule has 0 heterocycles. The van der Waals surface area contributed by atoms with Crippen LogP contribution in [0.3, 0.4) is 0 Å². The molecule has 0 fully saturated rings. The Hall–Kier alpha value is -3.21. The molecule has 0 aliphatic carbocycles. The largest absolute Gasteiger partial charge is 0.206 e. The van der Waals surface area contributed by atoms with Crippen LogP contribution >= 0.6 is 0 Å². The van der Waals surface area contributed by atoms with Gasteiger partial charge in [0.05, 0.1) is 5.56 Å². The molecule has 0 N–H and O–H groups in total. The summed E-state index contributed by atoms with van der Waals surface area (Å²) >= 11 is 0. The molecule has 4 aromatic carbocycles. The first-order chi connectivity index (χ1) is 13.9. The maximum atomic E-state index is 14.8. The smallest absolute Gasteiger partial charge is 0.195 e. The van der Waals surface area contributed by atoms with Gasteiger partial charge in [0, 0.05) is 5.39 Å². The van der Waals surface area contributed by atoms with E-state index in [0.717, 1.165) is 18.1 Å². The fraction of sp³-hybridized carbons (Fsp3) is 0.0833. The van der Waals surface area contributed by atoms with Crippen LogP contribution in [0.4, 0.5) is 22.0 Å². The summed E-state index contributed by atoms with van der Waals surface area (Å²) in [5, 5.41) is -0.155. The average Bonchev–Trinajstić information content (AvgIpc) is 2.71. The molecular formula is C24H15F5. The van der Waals surface area contributed by atoms with Crippen LogP contribution in [0.25, 0.3) is 33.0 Å². The van der Waals surface area contributed by atoms with Gasteiger partial charge in [-0.05, 0) is 58.3 Å². The van der Waals surface area contributed by atoms with Crippen molar-refractivity contribution in [3.05, 3.63) is 95.3 Å². The third-order valence-electron chi connectivity index (χ3n) is 5.00. The highest BCUT2D eigenvalue weighted by molar-refractivity contribution is 5.88. The van der Waals surface area contributed by atoms with Gasteiger partial charge in [-0.1, -0.05) is 43.3 Å². The Morgan fingerprint density at radius 1 is 0.586 bits per heavy atom. The quantitative estimate of drug-likeness (QED) is 0.249. The maximum Gasteiger partial charge on any atom is 0.195 e. The van der Waals surface area contributed by atoms with E-state index < -0.39 is 29.1 Å². The molecule has 0 saturated carbocycles. The molecule has 29 heavy (non-hydrogen) atoms. The predicted octanol–water partition coefficient (Wildman–Crippen LogP) is 7.43. The Morgan fingerprint density at radius 3 is 1.83 bits per heavy atom. The van der Waals surface area contributed by atoms with E-state index in [0.29, 0.717) is 11.1 Å². The second-order valence-corrected chi connectivity index (χ2v) is 6.79. The average molecular weight is 398 g/mol. The number of aryl methyl sites for hydroxylation is 1. The first-order valence-corrected chi connectivity index (χ1v) is 9.05. The van der Waals surface area contributed by atoms with Crippen molar-refractivity contribution >= 4 is 10.8 Å². The van der Waals surface area contributed by atoms with Gasteiger partial charge in [0.1, 0.15) is 11.6 Å². The van der Waals surface area contributed by atoms with Gasteiger partial charge in [0.25, 0.3) is 0 Å². The molecule has 0 amide bonds. The summed E-state index contributed by atoms with van der Waals surface area (Å²) < 4.78 is 70.4. The number of halogens is 5. The molecule has 0 unspecified atom stereocenters. The molecule has 0 bridgehead atoms. The lowest BCUT2D eigenvalue weighted by atomic mass is 9.96. The summed E-state index contributed by atoms with van der Waals surface area (Å²) in [6.07, 6.45) is 0.856. The Labute approximate surface area is 164 Å². The van der Waals surface area contributed by atoms with Gasteiger partial charge in [-0.3, -0.25) is 0 Å². The van der Waals surface area contributed by atoms with Crippen LogP contribution < -0.4 is 0 Å². The minimum atomic E-state index is -1.58. The normalized spacial score (nSPS) is 11.2. The molecule has 0 atom stereocenters. The van der Waals surface area contributed by atoms with E-state index >= 15 is 0 Å². The minimum absolute atomic E-state index is 0.0110. The Kier molecular flexibility index (Phi) is 4.82. The second kappa shape index (κ2) is 7.32. The van der Waals surface area contributed by atoms with Crippen LogP contribution in [0.15, 0.2) is 60.7 Å². The summed E-state index contributed by atoms with van der Waals surface area (Å²) in [7, 11) is 0. The molecular weight excluding hydrogens is 383 g/mol. The first-order valence-electron chi connectivity index (χ1n) is 9.05. The molecule has 146 valence electrons.